The summed E-state index contributed by atoms with van der Waals surface area (Å²) in [6, 6.07) is 23.1. The van der Waals surface area contributed by atoms with Gasteiger partial charge in [0.2, 0.25) is 11.8 Å². The number of hydrogen-bond donors (Lipinski definition) is 1. The zero-order valence-electron chi connectivity index (χ0n) is 23.9. The molecule has 3 aromatic rings. The van der Waals surface area contributed by atoms with Crippen molar-refractivity contribution in [2.45, 2.75) is 72.5 Å². The molecule has 0 saturated carbocycles. The third-order valence-electron chi connectivity index (χ3n) is 6.41. The molecule has 1 N–H and O–H groups in total. The van der Waals surface area contributed by atoms with Crippen molar-refractivity contribution in [3.63, 3.8) is 0 Å². The first-order valence-corrected chi connectivity index (χ1v) is 13.9. The van der Waals surface area contributed by atoms with Crippen LogP contribution in [0.1, 0.15) is 56.4 Å². The molecule has 6 heteroatoms. The van der Waals surface area contributed by atoms with Crippen LogP contribution >= 0.6 is 0 Å². The Kier molecular flexibility index (Phi) is 11.4. The van der Waals surface area contributed by atoms with Gasteiger partial charge in [-0.3, -0.25) is 9.59 Å². The molecule has 1 unspecified atom stereocenters. The summed E-state index contributed by atoms with van der Waals surface area (Å²) in [6.07, 6.45) is 1.24. The molecule has 39 heavy (non-hydrogen) atoms. The van der Waals surface area contributed by atoms with Gasteiger partial charge in [-0.1, -0.05) is 66.2 Å². The van der Waals surface area contributed by atoms with E-state index in [2.05, 4.69) is 5.32 Å². The Labute approximate surface area is 233 Å². The fraction of sp³-hybridized carbons (Fsp3) is 0.394. The molecule has 0 aliphatic carbocycles. The number of nitrogens with zero attached hydrogens (tertiary/aromatic N) is 1. The lowest BCUT2D eigenvalue weighted by Crippen LogP contribution is -2.51. The Hall–Kier alpha value is -3.80. The second-order valence-corrected chi connectivity index (χ2v) is 10.0. The first-order chi connectivity index (χ1) is 18.8. The third-order valence-corrected chi connectivity index (χ3v) is 6.41. The molecular weight excluding hydrogens is 488 g/mol. The van der Waals surface area contributed by atoms with Crippen LogP contribution in [0.25, 0.3) is 0 Å². The van der Waals surface area contributed by atoms with Crippen LogP contribution in [-0.4, -0.2) is 42.0 Å². The van der Waals surface area contributed by atoms with E-state index in [4.69, 9.17) is 9.47 Å². The Morgan fingerprint density at radius 1 is 0.821 bits per heavy atom. The molecule has 0 aliphatic heterocycles. The van der Waals surface area contributed by atoms with Gasteiger partial charge in [-0.25, -0.2) is 0 Å². The molecule has 6 nitrogen and oxygen atoms in total. The van der Waals surface area contributed by atoms with Crippen LogP contribution in [0.15, 0.2) is 72.8 Å². The predicted molar refractivity (Wildman–Crippen MR) is 156 cm³/mol. The highest BCUT2D eigenvalue weighted by Gasteiger charge is 2.30. The molecule has 0 radical (unpaired) electrons. The molecule has 2 amide bonds. The number of benzene rings is 3. The maximum atomic E-state index is 13.9. The van der Waals surface area contributed by atoms with Gasteiger partial charge >= 0.3 is 0 Å². The minimum absolute atomic E-state index is 0.0343. The summed E-state index contributed by atoms with van der Waals surface area (Å²) in [5.41, 5.74) is 4.13. The Morgan fingerprint density at radius 3 is 2.10 bits per heavy atom. The van der Waals surface area contributed by atoms with Crippen molar-refractivity contribution < 1.29 is 19.1 Å². The van der Waals surface area contributed by atoms with Crippen molar-refractivity contribution in [2.24, 2.45) is 0 Å². The molecule has 3 aromatic carbocycles. The maximum absolute atomic E-state index is 13.9. The quantitative estimate of drug-likeness (QED) is 0.282. The number of amides is 2. The summed E-state index contributed by atoms with van der Waals surface area (Å²) in [6.45, 7) is 11.2. The molecule has 0 bridgehead atoms. The van der Waals surface area contributed by atoms with Crippen LogP contribution in [0.5, 0.6) is 11.5 Å². The summed E-state index contributed by atoms with van der Waals surface area (Å²) in [7, 11) is 0. The van der Waals surface area contributed by atoms with Crippen molar-refractivity contribution in [3.05, 3.63) is 95.1 Å². The van der Waals surface area contributed by atoms with Crippen molar-refractivity contribution in [1.29, 1.82) is 0 Å². The lowest BCUT2D eigenvalue weighted by atomic mass is 10.0. The van der Waals surface area contributed by atoms with Gasteiger partial charge in [-0.05, 0) is 69.9 Å². The fourth-order valence-electron chi connectivity index (χ4n) is 4.47. The van der Waals surface area contributed by atoms with E-state index in [0.29, 0.717) is 44.1 Å². The van der Waals surface area contributed by atoms with Crippen LogP contribution < -0.4 is 14.8 Å². The van der Waals surface area contributed by atoms with Crippen LogP contribution in [0, 0.1) is 6.92 Å². The minimum Gasteiger partial charge on any atom is -0.490 e. The molecule has 0 saturated heterocycles. The Morgan fingerprint density at radius 2 is 1.46 bits per heavy atom. The second kappa shape index (κ2) is 15.0. The summed E-state index contributed by atoms with van der Waals surface area (Å²) < 4.78 is 11.5. The highest BCUT2D eigenvalue weighted by molar-refractivity contribution is 5.88. The predicted octanol–water partition coefficient (Wildman–Crippen LogP) is 5.89. The van der Waals surface area contributed by atoms with Crippen molar-refractivity contribution in [1.82, 2.24) is 10.2 Å². The normalized spacial score (nSPS) is 11.6. The summed E-state index contributed by atoms with van der Waals surface area (Å²) in [5, 5.41) is 3.04. The monoisotopic (exact) mass is 530 g/mol. The molecule has 0 spiro atoms. The fourth-order valence-corrected chi connectivity index (χ4v) is 4.47. The lowest BCUT2D eigenvalue weighted by Gasteiger charge is -2.32. The van der Waals surface area contributed by atoms with Gasteiger partial charge in [0, 0.05) is 25.4 Å². The van der Waals surface area contributed by atoms with E-state index in [0.717, 1.165) is 22.3 Å². The number of carbonyl (C=O) groups is 2. The number of nitrogens with one attached hydrogen (secondary N) is 1. The van der Waals surface area contributed by atoms with E-state index >= 15 is 0 Å². The minimum atomic E-state index is -0.636. The summed E-state index contributed by atoms with van der Waals surface area (Å²) >= 11 is 0. The Bertz CT molecular complexity index is 1190. The average molecular weight is 531 g/mol. The van der Waals surface area contributed by atoms with Crippen molar-refractivity contribution in [3.8, 4) is 11.5 Å². The average Bonchev–Trinajstić information content (AvgIpc) is 2.92. The van der Waals surface area contributed by atoms with Crippen LogP contribution in [0.2, 0.25) is 0 Å². The second-order valence-electron chi connectivity index (χ2n) is 10.0. The summed E-state index contributed by atoms with van der Waals surface area (Å²) in [5.74, 6) is 1.17. The van der Waals surface area contributed by atoms with E-state index < -0.39 is 6.04 Å². The lowest BCUT2D eigenvalue weighted by molar-refractivity contribution is -0.141. The largest absolute Gasteiger partial charge is 0.490 e. The van der Waals surface area contributed by atoms with E-state index in [1.165, 1.54) is 0 Å². The topological polar surface area (TPSA) is 67.9 Å². The zero-order valence-corrected chi connectivity index (χ0v) is 23.9. The van der Waals surface area contributed by atoms with Crippen molar-refractivity contribution >= 4 is 11.8 Å². The van der Waals surface area contributed by atoms with E-state index in [1.54, 1.807) is 4.90 Å². The highest BCUT2D eigenvalue weighted by atomic mass is 16.5. The number of hydrogen-bond acceptors (Lipinski definition) is 4. The van der Waals surface area contributed by atoms with Gasteiger partial charge in [0.15, 0.2) is 11.5 Å². The van der Waals surface area contributed by atoms with Crippen molar-refractivity contribution in [2.75, 3.05) is 13.2 Å². The van der Waals surface area contributed by atoms with E-state index in [9.17, 15) is 9.59 Å². The number of rotatable bonds is 14. The van der Waals surface area contributed by atoms with Gasteiger partial charge in [0.1, 0.15) is 6.04 Å². The molecule has 0 heterocycles. The molecular formula is C33H42N2O4. The molecule has 0 fully saturated rings. The zero-order chi connectivity index (χ0) is 28.2. The highest BCUT2D eigenvalue weighted by Crippen LogP contribution is 2.29. The molecule has 1 atom stereocenters. The van der Waals surface area contributed by atoms with E-state index in [-0.39, 0.29) is 24.3 Å². The maximum Gasteiger partial charge on any atom is 0.243 e. The number of carbonyl (C=O) groups excluding carboxylic acids is 2. The first kappa shape index (κ1) is 29.8. The summed E-state index contributed by atoms with van der Waals surface area (Å²) in [4.78, 5) is 29.1. The van der Waals surface area contributed by atoms with E-state index in [1.807, 2.05) is 107 Å². The van der Waals surface area contributed by atoms with Gasteiger partial charge in [-0.2, -0.15) is 0 Å². The van der Waals surface area contributed by atoms with Crippen LogP contribution in [0.3, 0.4) is 0 Å². The van der Waals surface area contributed by atoms with Crippen LogP contribution in [0.4, 0.5) is 0 Å². The smallest absolute Gasteiger partial charge is 0.243 e. The number of aryl methyl sites for hydroxylation is 2. The third kappa shape index (κ3) is 9.17. The molecule has 3 rings (SSSR count). The first-order valence-electron chi connectivity index (χ1n) is 13.9. The Balaban J connectivity index is 1.89. The molecule has 208 valence electrons. The van der Waals surface area contributed by atoms with Crippen LogP contribution in [-0.2, 0) is 29.0 Å². The van der Waals surface area contributed by atoms with Gasteiger partial charge in [0.25, 0.3) is 0 Å². The molecule has 0 aliphatic rings. The molecule has 0 aromatic heterocycles. The number of ether oxygens (including phenoxy) is 2. The van der Waals surface area contributed by atoms with Gasteiger partial charge < -0.3 is 19.7 Å². The van der Waals surface area contributed by atoms with Gasteiger partial charge in [-0.15, -0.1) is 0 Å². The standard InChI is InChI=1S/C33H42N2O4/c1-6-38-30-19-17-27(22-31(30)39-7-2)18-20-32(36)35(23-28-15-13-25(5)14-16-28)29(33(37)34-24(3)4)21-26-11-9-8-10-12-26/h8-17,19,22,24,29H,6-7,18,20-21,23H2,1-5H3,(H,34,37). The SMILES string of the molecule is CCOc1ccc(CCC(=O)N(Cc2ccc(C)cc2)C(Cc2ccccc2)C(=O)NC(C)C)cc1OCC. The van der Waals surface area contributed by atoms with Gasteiger partial charge in [0.05, 0.1) is 13.2 Å².